The first-order valence-electron chi connectivity index (χ1n) is 8.78. The van der Waals surface area contributed by atoms with Crippen LogP contribution < -0.4 is 9.83 Å². The van der Waals surface area contributed by atoms with Crippen LogP contribution in [0.3, 0.4) is 0 Å². The number of rotatable bonds is 5. The Balaban J connectivity index is 1.89. The van der Waals surface area contributed by atoms with Gasteiger partial charge >= 0.3 is 5.65 Å². The van der Waals surface area contributed by atoms with E-state index in [1.807, 2.05) is 40.9 Å². The molecule has 5 heteroatoms. The van der Waals surface area contributed by atoms with Gasteiger partial charge in [0.25, 0.3) is 5.82 Å². The Kier molecular flexibility index (Phi) is 4.46. The molecule has 0 amide bonds. The third-order valence-corrected chi connectivity index (χ3v) is 4.34. The summed E-state index contributed by atoms with van der Waals surface area (Å²) in [6.07, 6.45) is 0. The van der Waals surface area contributed by atoms with Crippen molar-refractivity contribution < 1.29 is 4.52 Å². The number of para-hydroxylation sites is 1. The van der Waals surface area contributed by atoms with Gasteiger partial charge in [0.2, 0.25) is 0 Å². The first-order chi connectivity index (χ1) is 12.7. The predicted octanol–water partition coefficient (Wildman–Crippen LogP) is 3.01. The molecule has 5 nitrogen and oxygen atoms in total. The van der Waals surface area contributed by atoms with Crippen LogP contribution in [0.2, 0.25) is 0 Å². The summed E-state index contributed by atoms with van der Waals surface area (Å²) >= 11 is 0. The van der Waals surface area contributed by atoms with Gasteiger partial charge in [-0.25, -0.2) is 0 Å². The molecule has 0 atom stereocenters. The van der Waals surface area contributed by atoms with Crippen LogP contribution >= 0.6 is 0 Å². The highest BCUT2D eigenvalue weighted by atomic mass is 15.3. The van der Waals surface area contributed by atoms with Crippen LogP contribution in [0.1, 0.15) is 0 Å². The monoisotopic (exact) mass is 344 g/mol. The summed E-state index contributed by atoms with van der Waals surface area (Å²) in [6.45, 7) is 1.74. The number of hydrogen-bond donors (Lipinski definition) is 1. The topological polar surface area (TPSA) is 45.1 Å². The predicted molar refractivity (Wildman–Crippen MR) is 105 cm³/mol. The summed E-state index contributed by atoms with van der Waals surface area (Å²) < 4.78 is 1.93. The highest BCUT2D eigenvalue weighted by Crippen LogP contribution is 2.23. The molecule has 0 unspecified atom stereocenters. The van der Waals surface area contributed by atoms with Gasteiger partial charge in [0.15, 0.2) is 11.2 Å². The number of pyridine rings is 1. The molecule has 1 N–H and O–H groups in total. The van der Waals surface area contributed by atoms with E-state index in [4.69, 9.17) is 10.1 Å². The van der Waals surface area contributed by atoms with Crippen LogP contribution in [0.5, 0.6) is 0 Å². The summed E-state index contributed by atoms with van der Waals surface area (Å²) in [5.41, 5.74) is 3.79. The minimum absolute atomic E-state index is 0.811. The third kappa shape index (κ3) is 3.21. The molecule has 0 aliphatic rings. The molecule has 0 radical (unpaired) electrons. The van der Waals surface area contributed by atoms with Gasteiger partial charge in [-0.3, -0.25) is 0 Å². The lowest BCUT2D eigenvalue weighted by molar-refractivity contribution is -0.553. The van der Waals surface area contributed by atoms with Crippen molar-refractivity contribution in [1.29, 1.82) is 0 Å². The Hall–Kier alpha value is -3.05. The number of benzene rings is 2. The Morgan fingerprint density at radius 3 is 2.50 bits per heavy atom. The zero-order valence-electron chi connectivity index (χ0n) is 15.1. The molecule has 0 bridgehead atoms. The molecule has 0 saturated heterocycles. The minimum Gasteiger partial charge on any atom is -0.346 e. The summed E-state index contributed by atoms with van der Waals surface area (Å²) in [5, 5.41) is 9.55. The maximum atomic E-state index is 4.95. The second-order valence-corrected chi connectivity index (χ2v) is 6.57. The number of nitrogens with one attached hydrogen (secondary N) is 1. The van der Waals surface area contributed by atoms with Gasteiger partial charge in [0.05, 0.1) is 0 Å². The normalized spacial score (nSPS) is 11.3. The average Bonchev–Trinajstić information content (AvgIpc) is 2.67. The fourth-order valence-electron chi connectivity index (χ4n) is 3.00. The smallest absolute Gasteiger partial charge is 0.346 e. The van der Waals surface area contributed by atoms with Crippen LogP contribution in [0.4, 0.5) is 5.82 Å². The van der Waals surface area contributed by atoms with E-state index >= 15 is 0 Å². The Labute approximate surface area is 152 Å². The quantitative estimate of drug-likeness (QED) is 0.446. The van der Waals surface area contributed by atoms with E-state index in [-0.39, 0.29) is 0 Å². The number of likely N-dealkylation sites (N-methyl/N-ethyl adjacent to an activating group) is 1. The van der Waals surface area contributed by atoms with Gasteiger partial charge in [-0.05, 0) is 31.2 Å². The van der Waals surface area contributed by atoms with Crippen LogP contribution in [0.25, 0.3) is 27.8 Å². The Morgan fingerprint density at radius 1 is 0.923 bits per heavy atom. The van der Waals surface area contributed by atoms with E-state index in [1.165, 1.54) is 0 Å². The average molecular weight is 344 g/mol. The molecule has 0 aliphatic carbocycles. The van der Waals surface area contributed by atoms with Crippen LogP contribution in [-0.4, -0.2) is 42.2 Å². The number of nitrogens with zero attached hydrogens (tertiary/aromatic N) is 4. The second kappa shape index (κ2) is 7.06. The largest absolute Gasteiger partial charge is 0.351 e. The van der Waals surface area contributed by atoms with Crippen LogP contribution in [0.15, 0.2) is 66.7 Å². The van der Waals surface area contributed by atoms with Crippen LogP contribution in [-0.2, 0) is 0 Å². The molecule has 0 aliphatic heterocycles. The SMILES string of the molecule is CN(C)CCNc1nc2ccc3ccccc3[n+]2nc1-c1ccccc1. The van der Waals surface area contributed by atoms with Crippen molar-refractivity contribution in [1.82, 2.24) is 15.0 Å². The van der Waals surface area contributed by atoms with Crippen molar-refractivity contribution >= 4 is 22.4 Å². The summed E-state index contributed by atoms with van der Waals surface area (Å²) in [7, 11) is 4.13. The summed E-state index contributed by atoms with van der Waals surface area (Å²) in [6, 6.07) is 22.5. The van der Waals surface area contributed by atoms with Gasteiger partial charge in [-0.15, -0.1) is 0 Å². The molecule has 130 valence electrons. The number of aromatic nitrogens is 3. The molecule has 0 spiro atoms. The molecule has 2 aromatic heterocycles. The summed E-state index contributed by atoms with van der Waals surface area (Å²) in [5.74, 6) is 0.813. The first-order valence-corrected chi connectivity index (χ1v) is 8.78. The molecule has 26 heavy (non-hydrogen) atoms. The third-order valence-electron chi connectivity index (χ3n) is 4.34. The van der Waals surface area contributed by atoms with Crippen molar-refractivity contribution in [2.45, 2.75) is 0 Å². The van der Waals surface area contributed by atoms with Gasteiger partial charge in [-0.1, -0.05) is 58.1 Å². The van der Waals surface area contributed by atoms with Crippen molar-refractivity contribution in [3.8, 4) is 11.3 Å². The lowest BCUT2D eigenvalue weighted by Crippen LogP contribution is -2.31. The number of anilines is 1. The zero-order valence-corrected chi connectivity index (χ0v) is 15.1. The van der Waals surface area contributed by atoms with E-state index in [0.717, 1.165) is 46.7 Å². The minimum atomic E-state index is 0.811. The molecule has 0 saturated carbocycles. The standard InChI is InChI=1S/C21H21N5/c1-25(2)15-14-22-21-20(17-9-4-3-5-10-17)24-26-18-11-7-6-8-16(18)12-13-19(26)23-21/h3-13H,14-15H2,1-2H3/p+1. The highest BCUT2D eigenvalue weighted by molar-refractivity contribution is 5.77. The van der Waals surface area contributed by atoms with Crippen molar-refractivity contribution in [2.24, 2.45) is 0 Å². The Morgan fingerprint density at radius 2 is 1.69 bits per heavy atom. The maximum Gasteiger partial charge on any atom is 0.351 e. The lowest BCUT2D eigenvalue weighted by Gasteiger charge is -2.11. The van der Waals surface area contributed by atoms with Crippen molar-refractivity contribution in [3.63, 3.8) is 0 Å². The molecule has 2 heterocycles. The van der Waals surface area contributed by atoms with Gasteiger partial charge < -0.3 is 10.2 Å². The first kappa shape index (κ1) is 16.4. The Bertz CT molecular complexity index is 1040. The number of hydrogen-bond acceptors (Lipinski definition) is 4. The fraction of sp³-hybridized carbons (Fsp3) is 0.190. The van der Waals surface area contributed by atoms with E-state index < -0.39 is 0 Å². The lowest BCUT2D eigenvalue weighted by atomic mass is 10.1. The second-order valence-electron chi connectivity index (χ2n) is 6.57. The van der Waals surface area contributed by atoms with E-state index in [1.54, 1.807) is 0 Å². The zero-order chi connectivity index (χ0) is 17.9. The van der Waals surface area contributed by atoms with Crippen LogP contribution in [0, 0.1) is 0 Å². The van der Waals surface area contributed by atoms with Crippen molar-refractivity contribution in [2.75, 3.05) is 32.5 Å². The molecule has 0 fully saturated rings. The van der Waals surface area contributed by atoms with E-state index in [9.17, 15) is 0 Å². The van der Waals surface area contributed by atoms with Gasteiger partial charge in [0.1, 0.15) is 0 Å². The van der Waals surface area contributed by atoms with Gasteiger partial charge in [-0.2, -0.15) is 0 Å². The maximum absolute atomic E-state index is 4.95. The number of fused-ring (bicyclic) bond motifs is 3. The molecule has 4 rings (SSSR count). The van der Waals surface area contributed by atoms with E-state index in [0.29, 0.717) is 0 Å². The van der Waals surface area contributed by atoms with Gasteiger partial charge in [0, 0.05) is 30.1 Å². The highest BCUT2D eigenvalue weighted by Gasteiger charge is 2.20. The van der Waals surface area contributed by atoms with E-state index in [2.05, 4.69) is 54.6 Å². The molecular weight excluding hydrogens is 322 g/mol. The molecular formula is C21H22N5+. The fourth-order valence-corrected chi connectivity index (χ4v) is 3.00. The summed E-state index contributed by atoms with van der Waals surface area (Å²) in [4.78, 5) is 7.01. The molecule has 2 aromatic carbocycles. The van der Waals surface area contributed by atoms with Crippen molar-refractivity contribution in [3.05, 3.63) is 66.7 Å². The molecule has 4 aromatic rings.